The molecular formula is C52H35N3. The Balaban J connectivity index is 1.42. The highest BCUT2D eigenvalue weighted by molar-refractivity contribution is 6.19. The van der Waals surface area contributed by atoms with Crippen LogP contribution in [0.1, 0.15) is 0 Å². The number of benzene rings is 8. The first-order valence-corrected chi connectivity index (χ1v) is 18.7. The summed E-state index contributed by atoms with van der Waals surface area (Å²) in [5, 5.41) is 2.28. The molecule has 0 radical (unpaired) electrons. The van der Waals surface area contributed by atoms with Crippen LogP contribution in [0.15, 0.2) is 212 Å². The maximum atomic E-state index is 5.45. The minimum Gasteiger partial charge on any atom is -0.277 e. The highest BCUT2D eigenvalue weighted by Gasteiger charge is 2.24. The molecule has 8 aromatic carbocycles. The van der Waals surface area contributed by atoms with E-state index in [2.05, 4.69) is 205 Å². The number of hydrogen-bond acceptors (Lipinski definition) is 2. The van der Waals surface area contributed by atoms with Crippen molar-refractivity contribution in [3.63, 3.8) is 0 Å². The molecule has 0 aliphatic heterocycles. The summed E-state index contributed by atoms with van der Waals surface area (Å²) < 4.78 is 2.33. The van der Waals surface area contributed by atoms with Crippen molar-refractivity contribution in [1.82, 2.24) is 14.5 Å². The van der Waals surface area contributed by atoms with E-state index in [0.29, 0.717) is 5.95 Å². The summed E-state index contributed by atoms with van der Waals surface area (Å²) in [6.07, 6.45) is 0. The van der Waals surface area contributed by atoms with Gasteiger partial charge in [0.1, 0.15) is 0 Å². The molecule has 2 aromatic heterocycles. The zero-order chi connectivity index (χ0) is 36.6. The minimum atomic E-state index is 0.620. The molecule has 0 atom stereocenters. The fourth-order valence-corrected chi connectivity index (χ4v) is 7.79. The molecule has 10 aromatic rings. The van der Waals surface area contributed by atoms with Crippen molar-refractivity contribution < 1.29 is 0 Å². The third-order valence-electron chi connectivity index (χ3n) is 10.4. The van der Waals surface area contributed by atoms with Crippen molar-refractivity contribution in [2.45, 2.75) is 0 Å². The summed E-state index contributed by atoms with van der Waals surface area (Å²) in [5.41, 5.74) is 15.0. The zero-order valence-electron chi connectivity index (χ0n) is 30.0. The van der Waals surface area contributed by atoms with E-state index in [1.807, 2.05) is 12.1 Å². The van der Waals surface area contributed by atoms with E-state index in [9.17, 15) is 0 Å². The molecule has 55 heavy (non-hydrogen) atoms. The van der Waals surface area contributed by atoms with E-state index >= 15 is 0 Å². The first kappa shape index (κ1) is 32.3. The Morgan fingerprint density at radius 2 is 0.582 bits per heavy atom. The Bertz CT molecular complexity index is 2720. The highest BCUT2D eigenvalue weighted by Crippen LogP contribution is 2.45. The first-order chi connectivity index (χ1) is 27.3. The molecule has 0 amide bonds. The van der Waals surface area contributed by atoms with Gasteiger partial charge in [0, 0.05) is 33.0 Å². The molecule has 0 aliphatic carbocycles. The molecule has 0 aliphatic rings. The fourth-order valence-electron chi connectivity index (χ4n) is 7.79. The number of nitrogens with zero attached hydrogens (tertiary/aromatic N) is 3. The third-order valence-corrected chi connectivity index (χ3v) is 10.4. The van der Waals surface area contributed by atoms with E-state index in [1.54, 1.807) is 0 Å². The van der Waals surface area contributed by atoms with Crippen molar-refractivity contribution in [2.75, 3.05) is 0 Å². The monoisotopic (exact) mass is 701 g/mol. The maximum Gasteiger partial charge on any atom is 0.235 e. The van der Waals surface area contributed by atoms with E-state index < -0.39 is 0 Å². The molecule has 10 rings (SSSR count). The van der Waals surface area contributed by atoms with Gasteiger partial charge < -0.3 is 0 Å². The van der Waals surface area contributed by atoms with E-state index in [-0.39, 0.29) is 0 Å². The summed E-state index contributed by atoms with van der Waals surface area (Å²) in [4.78, 5) is 10.9. The fraction of sp³-hybridized carbons (Fsp3) is 0. The summed E-state index contributed by atoms with van der Waals surface area (Å²) in [6.45, 7) is 0. The molecule has 0 bridgehead atoms. The normalized spacial score (nSPS) is 11.3. The van der Waals surface area contributed by atoms with E-state index in [4.69, 9.17) is 9.97 Å². The van der Waals surface area contributed by atoms with Crippen molar-refractivity contribution >= 4 is 21.8 Å². The van der Waals surface area contributed by atoms with Gasteiger partial charge in [-0.2, -0.15) is 0 Å². The molecule has 0 unspecified atom stereocenters. The van der Waals surface area contributed by atoms with Crippen LogP contribution in [-0.4, -0.2) is 14.5 Å². The summed E-state index contributed by atoms with van der Waals surface area (Å²) in [6, 6.07) is 75.2. The van der Waals surface area contributed by atoms with Gasteiger partial charge in [0.05, 0.1) is 22.4 Å². The lowest BCUT2D eigenvalue weighted by Crippen LogP contribution is -2.05. The van der Waals surface area contributed by atoms with Crippen LogP contribution in [-0.2, 0) is 0 Å². The second-order valence-corrected chi connectivity index (χ2v) is 13.8. The largest absolute Gasteiger partial charge is 0.277 e. The topological polar surface area (TPSA) is 30.7 Å². The molecule has 0 spiro atoms. The molecular weight excluding hydrogens is 667 g/mol. The van der Waals surface area contributed by atoms with Crippen LogP contribution >= 0.6 is 0 Å². The summed E-state index contributed by atoms with van der Waals surface area (Å²) >= 11 is 0. The van der Waals surface area contributed by atoms with Gasteiger partial charge in [-0.3, -0.25) is 4.57 Å². The van der Waals surface area contributed by atoms with Crippen LogP contribution in [0.5, 0.6) is 0 Å². The van der Waals surface area contributed by atoms with Gasteiger partial charge in [0.25, 0.3) is 0 Å². The van der Waals surface area contributed by atoms with Gasteiger partial charge >= 0.3 is 0 Å². The van der Waals surface area contributed by atoms with Gasteiger partial charge in [-0.15, -0.1) is 0 Å². The van der Waals surface area contributed by atoms with Crippen LogP contribution in [0, 0.1) is 0 Å². The Labute approximate surface area is 320 Å². The van der Waals surface area contributed by atoms with Gasteiger partial charge in [0.2, 0.25) is 5.95 Å². The Morgan fingerprint density at radius 3 is 0.927 bits per heavy atom. The van der Waals surface area contributed by atoms with Gasteiger partial charge in [-0.1, -0.05) is 182 Å². The molecule has 0 saturated carbocycles. The van der Waals surface area contributed by atoms with Crippen LogP contribution in [0.4, 0.5) is 0 Å². The molecule has 2 heterocycles. The number of fused-ring (bicyclic) bond motifs is 3. The summed E-state index contributed by atoms with van der Waals surface area (Å²) in [5.74, 6) is 0.620. The minimum absolute atomic E-state index is 0.620. The average Bonchev–Trinajstić information content (AvgIpc) is 3.62. The SMILES string of the molecule is c1ccc(-c2cc(-c3ccccc3)c3c(c2)c2cc(-c4ccccc4)cc(-c4ccccc4)c2n3-c2nc(-c3ccccc3)cc(-c3ccccc3)n2)cc1. The first-order valence-electron chi connectivity index (χ1n) is 18.7. The second kappa shape index (κ2) is 13.9. The molecule has 258 valence electrons. The predicted octanol–water partition coefficient (Wildman–Crippen LogP) is 13.6. The molecule has 3 nitrogen and oxygen atoms in total. The molecule has 0 N–H and O–H groups in total. The van der Waals surface area contributed by atoms with Crippen LogP contribution < -0.4 is 0 Å². The smallest absolute Gasteiger partial charge is 0.235 e. The third kappa shape index (κ3) is 5.98. The van der Waals surface area contributed by atoms with E-state index in [1.165, 1.54) is 11.1 Å². The van der Waals surface area contributed by atoms with Crippen molar-refractivity contribution in [2.24, 2.45) is 0 Å². The Morgan fingerprint density at radius 1 is 0.273 bits per heavy atom. The van der Waals surface area contributed by atoms with Crippen molar-refractivity contribution in [1.29, 1.82) is 0 Å². The number of hydrogen-bond donors (Lipinski definition) is 0. The quantitative estimate of drug-likeness (QED) is 0.166. The standard InChI is InChI=1S/C52H35N3/c1-7-19-36(20-8-1)42-31-44(38-23-11-3-12-24-38)50-46(33-42)47-34-43(37-21-9-2-10-22-37)32-45(39-25-13-4-14-26-39)51(47)55(50)52-53-48(40-27-15-5-16-28-40)35-49(54-52)41-29-17-6-18-30-41/h1-35H. The van der Waals surface area contributed by atoms with Crippen LogP contribution in [0.2, 0.25) is 0 Å². The molecule has 0 saturated heterocycles. The highest BCUT2D eigenvalue weighted by atomic mass is 15.2. The number of rotatable bonds is 7. The Kier molecular flexibility index (Phi) is 8.16. The van der Waals surface area contributed by atoms with Gasteiger partial charge in [0.15, 0.2) is 0 Å². The lowest BCUT2D eigenvalue weighted by molar-refractivity contribution is 0.996. The van der Waals surface area contributed by atoms with Gasteiger partial charge in [-0.25, -0.2) is 9.97 Å². The number of aromatic nitrogens is 3. The maximum absolute atomic E-state index is 5.45. The Hall–Kier alpha value is -7.36. The lowest BCUT2D eigenvalue weighted by Gasteiger charge is -2.16. The average molecular weight is 702 g/mol. The zero-order valence-corrected chi connectivity index (χ0v) is 30.0. The molecule has 3 heteroatoms. The van der Waals surface area contributed by atoms with E-state index in [0.717, 1.165) is 77.7 Å². The van der Waals surface area contributed by atoms with Gasteiger partial charge in [-0.05, 0) is 63.7 Å². The van der Waals surface area contributed by atoms with Crippen molar-refractivity contribution in [3.8, 4) is 73.0 Å². The van der Waals surface area contributed by atoms with Crippen LogP contribution in [0.25, 0.3) is 94.8 Å². The van der Waals surface area contributed by atoms with Crippen LogP contribution in [0.3, 0.4) is 0 Å². The van der Waals surface area contributed by atoms with Crippen molar-refractivity contribution in [3.05, 3.63) is 212 Å². The molecule has 0 fully saturated rings. The second-order valence-electron chi connectivity index (χ2n) is 13.8. The lowest BCUT2D eigenvalue weighted by atomic mass is 9.93. The summed E-state index contributed by atoms with van der Waals surface area (Å²) in [7, 11) is 0. The predicted molar refractivity (Wildman–Crippen MR) is 229 cm³/mol.